The van der Waals surface area contributed by atoms with Crippen molar-refractivity contribution < 1.29 is 9.63 Å². The molecule has 1 aliphatic heterocycles. The van der Waals surface area contributed by atoms with E-state index in [9.17, 15) is 4.79 Å². The molecule has 1 N–H and O–H groups in total. The predicted molar refractivity (Wildman–Crippen MR) is 94.7 cm³/mol. The van der Waals surface area contributed by atoms with Crippen molar-refractivity contribution in [3.63, 3.8) is 0 Å². The summed E-state index contributed by atoms with van der Waals surface area (Å²) >= 11 is 3.41. The predicted octanol–water partition coefficient (Wildman–Crippen LogP) is 2.86. The van der Waals surface area contributed by atoms with E-state index >= 15 is 0 Å². The molecular weight excluding hydrogens is 372 g/mol. The van der Waals surface area contributed by atoms with E-state index in [1.165, 1.54) is 0 Å². The lowest BCUT2D eigenvalue weighted by atomic mass is 10.0. The first-order valence-corrected chi connectivity index (χ1v) is 8.52. The van der Waals surface area contributed by atoms with Crippen molar-refractivity contribution in [2.24, 2.45) is 12.2 Å². The topological polar surface area (TPSA) is 68.5 Å². The first kappa shape index (κ1) is 16.7. The zero-order chi connectivity index (χ0) is 17.3. The molecule has 7 heteroatoms. The quantitative estimate of drug-likeness (QED) is 0.872. The molecule has 0 fully saturated rings. The van der Waals surface area contributed by atoms with Gasteiger partial charge in [-0.2, -0.15) is 5.10 Å². The number of carbonyl (C=O) groups excluding carboxylic acids is 1. The molecule has 1 aliphatic rings. The monoisotopic (exact) mass is 390 g/mol. The van der Waals surface area contributed by atoms with Crippen molar-refractivity contribution in [2.75, 3.05) is 0 Å². The standard InChI is InChI=1S/C17H19BrN4O2/c1-10(12-4-6-13(18)7-5-12)19-17(23)16-8-15(21-24-16)14-9-22(3)20-11(14)2/h4-7,9-10,16H,8H2,1-3H3,(H,19,23)/t10-,16?/m1/s1. The Kier molecular flexibility index (Phi) is 4.71. The molecule has 3 rings (SSSR count). The van der Waals surface area contributed by atoms with E-state index in [1.807, 2.05) is 51.4 Å². The van der Waals surface area contributed by atoms with Crippen LogP contribution in [0.5, 0.6) is 0 Å². The van der Waals surface area contributed by atoms with Crippen LogP contribution in [0.4, 0.5) is 0 Å². The maximum Gasteiger partial charge on any atom is 0.264 e. The van der Waals surface area contributed by atoms with Crippen molar-refractivity contribution in [2.45, 2.75) is 32.4 Å². The van der Waals surface area contributed by atoms with Crippen LogP contribution in [0.3, 0.4) is 0 Å². The van der Waals surface area contributed by atoms with Crippen LogP contribution >= 0.6 is 15.9 Å². The van der Waals surface area contributed by atoms with Gasteiger partial charge in [-0.05, 0) is 31.5 Å². The summed E-state index contributed by atoms with van der Waals surface area (Å²) in [6.07, 6.45) is 1.74. The van der Waals surface area contributed by atoms with Gasteiger partial charge in [0.1, 0.15) is 0 Å². The minimum atomic E-state index is -0.600. The van der Waals surface area contributed by atoms with Gasteiger partial charge < -0.3 is 10.2 Å². The Bertz CT molecular complexity index is 782. The largest absolute Gasteiger partial charge is 0.382 e. The van der Waals surface area contributed by atoms with Gasteiger partial charge in [-0.1, -0.05) is 33.2 Å². The highest BCUT2D eigenvalue weighted by Gasteiger charge is 2.31. The van der Waals surface area contributed by atoms with Crippen molar-refractivity contribution in [1.82, 2.24) is 15.1 Å². The Labute approximate surface area is 149 Å². The van der Waals surface area contributed by atoms with Crippen LogP contribution in [-0.2, 0) is 16.7 Å². The molecule has 126 valence electrons. The van der Waals surface area contributed by atoms with Crippen LogP contribution < -0.4 is 5.32 Å². The van der Waals surface area contributed by atoms with Crippen LogP contribution in [0.2, 0.25) is 0 Å². The molecule has 0 radical (unpaired) electrons. The summed E-state index contributed by atoms with van der Waals surface area (Å²) < 4.78 is 2.74. The molecule has 0 spiro atoms. The molecule has 1 aromatic carbocycles. The SMILES string of the molecule is Cc1nn(C)cc1C1=NOC(C(=O)N[C@H](C)c2ccc(Br)cc2)C1. The van der Waals surface area contributed by atoms with Crippen molar-refractivity contribution in [3.05, 3.63) is 51.8 Å². The van der Waals surface area contributed by atoms with Gasteiger partial charge in [-0.15, -0.1) is 0 Å². The van der Waals surface area contributed by atoms with Gasteiger partial charge in [0.05, 0.1) is 17.4 Å². The van der Waals surface area contributed by atoms with E-state index in [0.717, 1.165) is 27.0 Å². The summed E-state index contributed by atoms with van der Waals surface area (Å²) in [6.45, 7) is 3.87. The van der Waals surface area contributed by atoms with E-state index in [-0.39, 0.29) is 11.9 Å². The Morgan fingerprint density at radius 2 is 2.12 bits per heavy atom. The third kappa shape index (κ3) is 3.51. The first-order valence-electron chi connectivity index (χ1n) is 7.73. The minimum absolute atomic E-state index is 0.0987. The van der Waals surface area contributed by atoms with Crippen LogP contribution in [0.25, 0.3) is 0 Å². The maximum atomic E-state index is 12.4. The molecule has 1 aromatic heterocycles. The van der Waals surface area contributed by atoms with Crippen LogP contribution in [0.1, 0.15) is 36.2 Å². The van der Waals surface area contributed by atoms with Crippen LogP contribution in [0.15, 0.2) is 40.1 Å². The summed E-state index contributed by atoms with van der Waals surface area (Å²) in [6, 6.07) is 7.77. The summed E-state index contributed by atoms with van der Waals surface area (Å²) in [7, 11) is 1.86. The average Bonchev–Trinajstić information content (AvgIpc) is 3.14. The van der Waals surface area contributed by atoms with Gasteiger partial charge in [-0.3, -0.25) is 9.48 Å². The summed E-state index contributed by atoms with van der Waals surface area (Å²) in [5, 5.41) is 11.3. The molecule has 24 heavy (non-hydrogen) atoms. The molecule has 2 heterocycles. The number of carbonyl (C=O) groups is 1. The number of aromatic nitrogens is 2. The number of amides is 1. The van der Waals surface area contributed by atoms with Gasteiger partial charge in [0.25, 0.3) is 5.91 Å². The van der Waals surface area contributed by atoms with Gasteiger partial charge >= 0.3 is 0 Å². The molecular formula is C17H19BrN4O2. The molecule has 0 bridgehead atoms. The Morgan fingerprint density at radius 3 is 2.75 bits per heavy atom. The summed E-state index contributed by atoms with van der Waals surface area (Å²) in [5.74, 6) is -0.161. The number of hydrogen-bond donors (Lipinski definition) is 1. The molecule has 1 unspecified atom stereocenters. The van der Waals surface area contributed by atoms with E-state index in [0.29, 0.717) is 6.42 Å². The number of aryl methyl sites for hydroxylation is 2. The van der Waals surface area contributed by atoms with Gasteiger partial charge in [0.2, 0.25) is 6.10 Å². The fraction of sp³-hybridized carbons (Fsp3) is 0.353. The lowest BCUT2D eigenvalue weighted by Crippen LogP contribution is -2.36. The molecule has 0 saturated heterocycles. The van der Waals surface area contributed by atoms with Gasteiger partial charge in [-0.25, -0.2) is 0 Å². The number of rotatable bonds is 4. The van der Waals surface area contributed by atoms with Gasteiger partial charge in [0, 0.05) is 29.7 Å². The lowest BCUT2D eigenvalue weighted by Gasteiger charge is -2.16. The number of benzene rings is 1. The molecule has 0 aliphatic carbocycles. The van der Waals surface area contributed by atoms with Crippen molar-refractivity contribution >= 4 is 27.5 Å². The van der Waals surface area contributed by atoms with E-state index in [2.05, 4.69) is 31.5 Å². The number of nitrogens with zero attached hydrogens (tertiary/aromatic N) is 3. The van der Waals surface area contributed by atoms with Gasteiger partial charge in [0.15, 0.2) is 0 Å². The minimum Gasteiger partial charge on any atom is -0.382 e. The molecule has 6 nitrogen and oxygen atoms in total. The third-order valence-electron chi connectivity index (χ3n) is 4.01. The second-order valence-electron chi connectivity index (χ2n) is 5.92. The van der Waals surface area contributed by atoms with Crippen molar-refractivity contribution in [1.29, 1.82) is 0 Å². The molecule has 2 atom stereocenters. The summed E-state index contributed by atoms with van der Waals surface area (Å²) in [4.78, 5) is 17.8. The van der Waals surface area contributed by atoms with Crippen LogP contribution in [0, 0.1) is 6.92 Å². The second kappa shape index (κ2) is 6.76. The number of nitrogens with one attached hydrogen (secondary N) is 1. The fourth-order valence-corrected chi connectivity index (χ4v) is 2.97. The Balaban J connectivity index is 1.61. The molecule has 2 aromatic rings. The van der Waals surface area contributed by atoms with Crippen molar-refractivity contribution in [3.8, 4) is 0 Å². The summed E-state index contributed by atoms with van der Waals surface area (Å²) in [5.41, 5.74) is 3.60. The normalized spacial score (nSPS) is 18.0. The lowest BCUT2D eigenvalue weighted by molar-refractivity contribution is -0.131. The van der Waals surface area contributed by atoms with Crippen LogP contribution in [-0.4, -0.2) is 27.5 Å². The first-order chi connectivity index (χ1) is 11.4. The van der Waals surface area contributed by atoms with E-state index < -0.39 is 6.10 Å². The highest BCUT2D eigenvalue weighted by atomic mass is 79.9. The van der Waals surface area contributed by atoms with E-state index in [4.69, 9.17) is 4.84 Å². The highest BCUT2D eigenvalue weighted by molar-refractivity contribution is 9.10. The Hall–Kier alpha value is -2.15. The maximum absolute atomic E-state index is 12.4. The highest BCUT2D eigenvalue weighted by Crippen LogP contribution is 2.21. The third-order valence-corrected chi connectivity index (χ3v) is 4.54. The number of hydrogen-bond acceptors (Lipinski definition) is 4. The zero-order valence-electron chi connectivity index (χ0n) is 13.8. The number of halogens is 1. The smallest absolute Gasteiger partial charge is 0.264 e. The molecule has 1 amide bonds. The Morgan fingerprint density at radius 1 is 1.42 bits per heavy atom. The fourth-order valence-electron chi connectivity index (χ4n) is 2.70. The average molecular weight is 391 g/mol. The second-order valence-corrected chi connectivity index (χ2v) is 6.84. The van der Waals surface area contributed by atoms with E-state index in [1.54, 1.807) is 4.68 Å². The number of oxime groups is 1. The molecule has 0 saturated carbocycles. The zero-order valence-corrected chi connectivity index (χ0v) is 15.4.